The minimum Gasteiger partial charge on any atom is -0.493 e. The molecular formula is C36H42ClFN2O3. The molecule has 0 bridgehead atoms. The zero-order chi connectivity index (χ0) is 30.3. The first kappa shape index (κ1) is 31.1. The second-order valence-electron chi connectivity index (χ2n) is 11.9. The van der Waals surface area contributed by atoms with Crippen molar-refractivity contribution >= 4 is 23.3 Å². The van der Waals surface area contributed by atoms with Crippen LogP contribution in [-0.4, -0.2) is 49.2 Å². The summed E-state index contributed by atoms with van der Waals surface area (Å²) in [7, 11) is 2.17. The van der Waals surface area contributed by atoms with Crippen LogP contribution in [0.15, 0.2) is 72.3 Å². The first-order valence-electron chi connectivity index (χ1n) is 15.5. The lowest BCUT2D eigenvalue weighted by atomic mass is 9.81. The number of amides is 1. The standard InChI is InChI=1S/C36H42ClFN2O3/c1-4-5-8-33-32(34-22-28(37)12-9-25(34)2)19-21-40(36(41)43-31-17-13-29(38)14-18-31)35(33)27-10-15-30(16-11-27)42-24-26-7-6-20-39(3)23-26/h9-18,22,26,35H,4-8,19-21,23-24H2,1-3H3. The Bertz CT molecular complexity index is 1420. The first-order valence-corrected chi connectivity index (χ1v) is 15.8. The fourth-order valence-electron chi connectivity index (χ4n) is 6.37. The van der Waals surface area contributed by atoms with Crippen molar-refractivity contribution in [3.05, 3.63) is 99.8 Å². The number of hydrogen-bond acceptors (Lipinski definition) is 4. The van der Waals surface area contributed by atoms with E-state index in [0.717, 1.165) is 54.8 Å². The molecule has 5 nitrogen and oxygen atoms in total. The molecule has 0 saturated carbocycles. The minimum absolute atomic E-state index is 0.317. The van der Waals surface area contributed by atoms with Crippen LogP contribution in [0.25, 0.3) is 5.57 Å². The molecule has 2 aliphatic heterocycles. The summed E-state index contributed by atoms with van der Waals surface area (Å²) in [6, 6.07) is 19.4. The number of rotatable bonds is 9. The molecule has 0 radical (unpaired) electrons. The Morgan fingerprint density at radius 1 is 1.02 bits per heavy atom. The van der Waals surface area contributed by atoms with Gasteiger partial charge in [-0.25, -0.2) is 9.18 Å². The summed E-state index contributed by atoms with van der Waals surface area (Å²) >= 11 is 6.48. The van der Waals surface area contributed by atoms with E-state index in [1.807, 2.05) is 29.2 Å². The number of benzene rings is 3. The van der Waals surface area contributed by atoms with Crippen LogP contribution in [0.3, 0.4) is 0 Å². The molecule has 0 aliphatic carbocycles. The van der Waals surface area contributed by atoms with Crippen molar-refractivity contribution < 1.29 is 18.7 Å². The highest BCUT2D eigenvalue weighted by Gasteiger charge is 2.35. The number of likely N-dealkylation sites (tertiary alicyclic amines) is 1. The van der Waals surface area contributed by atoms with Gasteiger partial charge in [-0.15, -0.1) is 0 Å². The molecule has 7 heteroatoms. The SMILES string of the molecule is CCCCC1=C(c2cc(Cl)ccc2C)CCN(C(=O)Oc2ccc(F)cc2)C1c1ccc(OCC2CCCN(C)C2)cc1. The van der Waals surface area contributed by atoms with Crippen molar-refractivity contribution in [2.75, 3.05) is 33.3 Å². The minimum atomic E-state index is -0.450. The van der Waals surface area contributed by atoms with E-state index in [1.165, 1.54) is 48.3 Å². The van der Waals surface area contributed by atoms with Gasteiger partial charge in [0.2, 0.25) is 0 Å². The molecule has 2 unspecified atom stereocenters. The van der Waals surface area contributed by atoms with Crippen LogP contribution in [0, 0.1) is 18.7 Å². The summed E-state index contributed by atoms with van der Waals surface area (Å²) < 4.78 is 25.5. The molecule has 43 heavy (non-hydrogen) atoms. The summed E-state index contributed by atoms with van der Waals surface area (Å²) in [6.07, 6.45) is 5.49. The van der Waals surface area contributed by atoms with Crippen LogP contribution in [0.2, 0.25) is 5.02 Å². The van der Waals surface area contributed by atoms with Gasteiger partial charge in [-0.3, -0.25) is 4.90 Å². The van der Waals surface area contributed by atoms with Gasteiger partial charge in [0.15, 0.2) is 0 Å². The molecule has 1 fully saturated rings. The molecular weight excluding hydrogens is 563 g/mol. The summed E-state index contributed by atoms with van der Waals surface area (Å²) in [6.45, 7) is 7.67. The van der Waals surface area contributed by atoms with Gasteiger partial charge < -0.3 is 14.4 Å². The maximum absolute atomic E-state index is 13.7. The molecule has 3 aromatic carbocycles. The molecule has 0 aromatic heterocycles. The zero-order valence-electron chi connectivity index (χ0n) is 25.5. The lowest BCUT2D eigenvalue weighted by molar-refractivity contribution is 0.136. The fourth-order valence-corrected chi connectivity index (χ4v) is 6.54. The highest BCUT2D eigenvalue weighted by Crippen LogP contribution is 2.44. The second kappa shape index (κ2) is 14.4. The van der Waals surface area contributed by atoms with Crippen LogP contribution >= 0.6 is 11.6 Å². The lowest BCUT2D eigenvalue weighted by Crippen LogP contribution is -2.41. The lowest BCUT2D eigenvalue weighted by Gasteiger charge is -2.39. The number of unbranched alkanes of at least 4 members (excludes halogenated alkanes) is 1. The van der Waals surface area contributed by atoms with Gasteiger partial charge in [-0.05, 0) is 129 Å². The van der Waals surface area contributed by atoms with E-state index in [0.29, 0.717) is 36.3 Å². The van der Waals surface area contributed by atoms with E-state index in [2.05, 4.69) is 44.0 Å². The van der Waals surface area contributed by atoms with Crippen LogP contribution in [-0.2, 0) is 0 Å². The predicted octanol–water partition coefficient (Wildman–Crippen LogP) is 9.10. The van der Waals surface area contributed by atoms with Gasteiger partial charge in [-0.1, -0.05) is 43.1 Å². The molecule has 5 rings (SSSR count). The third-order valence-electron chi connectivity index (χ3n) is 8.61. The van der Waals surface area contributed by atoms with E-state index in [4.69, 9.17) is 21.1 Å². The number of carbonyl (C=O) groups is 1. The van der Waals surface area contributed by atoms with E-state index in [1.54, 1.807) is 0 Å². The second-order valence-corrected chi connectivity index (χ2v) is 12.3. The number of carbonyl (C=O) groups excluding carboxylic acids is 1. The van der Waals surface area contributed by atoms with Crippen LogP contribution < -0.4 is 9.47 Å². The van der Waals surface area contributed by atoms with Crippen LogP contribution in [0.5, 0.6) is 11.5 Å². The molecule has 0 N–H and O–H groups in total. The smallest absolute Gasteiger partial charge is 0.416 e. The molecule has 1 saturated heterocycles. The third kappa shape index (κ3) is 7.79. The molecule has 2 atom stereocenters. The summed E-state index contributed by atoms with van der Waals surface area (Å²) in [5.74, 6) is 1.30. The van der Waals surface area contributed by atoms with Gasteiger partial charge in [0.1, 0.15) is 17.3 Å². The maximum Gasteiger partial charge on any atom is 0.416 e. The van der Waals surface area contributed by atoms with Gasteiger partial charge in [-0.2, -0.15) is 0 Å². The summed E-state index contributed by atoms with van der Waals surface area (Å²) in [5.41, 5.74) is 5.74. The Morgan fingerprint density at radius 2 is 1.77 bits per heavy atom. The van der Waals surface area contributed by atoms with Crippen molar-refractivity contribution in [2.24, 2.45) is 5.92 Å². The number of hydrogen-bond donors (Lipinski definition) is 0. The number of nitrogens with zero attached hydrogens (tertiary/aromatic N) is 2. The molecule has 0 spiro atoms. The van der Waals surface area contributed by atoms with E-state index in [-0.39, 0.29) is 11.9 Å². The summed E-state index contributed by atoms with van der Waals surface area (Å²) in [5, 5.41) is 0.698. The van der Waals surface area contributed by atoms with Crippen molar-refractivity contribution in [2.45, 2.75) is 58.4 Å². The third-order valence-corrected chi connectivity index (χ3v) is 8.85. The maximum atomic E-state index is 13.7. The Balaban J connectivity index is 1.48. The Kier molecular flexibility index (Phi) is 10.4. The molecule has 1 amide bonds. The zero-order valence-corrected chi connectivity index (χ0v) is 26.2. The van der Waals surface area contributed by atoms with Gasteiger partial charge >= 0.3 is 6.09 Å². The van der Waals surface area contributed by atoms with Crippen molar-refractivity contribution in [3.8, 4) is 11.5 Å². The highest BCUT2D eigenvalue weighted by atomic mass is 35.5. The van der Waals surface area contributed by atoms with E-state index in [9.17, 15) is 9.18 Å². The number of aryl methyl sites for hydroxylation is 1. The summed E-state index contributed by atoms with van der Waals surface area (Å²) in [4.78, 5) is 17.9. The van der Waals surface area contributed by atoms with Gasteiger partial charge in [0.05, 0.1) is 12.6 Å². The first-order chi connectivity index (χ1) is 20.8. The Hall–Kier alpha value is -3.35. The predicted molar refractivity (Wildman–Crippen MR) is 171 cm³/mol. The normalized spacial score (nSPS) is 19.4. The van der Waals surface area contributed by atoms with E-state index >= 15 is 0 Å². The topological polar surface area (TPSA) is 42.0 Å². The van der Waals surface area contributed by atoms with Crippen molar-refractivity contribution in [3.63, 3.8) is 0 Å². The molecule has 228 valence electrons. The molecule has 2 aliphatic rings. The largest absolute Gasteiger partial charge is 0.493 e. The fraction of sp³-hybridized carbons (Fsp3) is 0.417. The van der Waals surface area contributed by atoms with Crippen LogP contribution in [0.1, 0.15) is 68.2 Å². The van der Waals surface area contributed by atoms with Crippen molar-refractivity contribution in [1.82, 2.24) is 9.80 Å². The highest BCUT2D eigenvalue weighted by molar-refractivity contribution is 6.30. The monoisotopic (exact) mass is 604 g/mol. The number of ether oxygens (including phenoxy) is 2. The molecule has 3 aromatic rings. The van der Waals surface area contributed by atoms with Gasteiger partial charge in [0.25, 0.3) is 0 Å². The quantitative estimate of drug-likeness (QED) is 0.244. The average Bonchev–Trinajstić information content (AvgIpc) is 3.01. The van der Waals surface area contributed by atoms with E-state index < -0.39 is 6.09 Å². The molecule has 2 heterocycles. The average molecular weight is 605 g/mol. The number of piperidine rings is 1. The van der Waals surface area contributed by atoms with Crippen LogP contribution in [0.4, 0.5) is 9.18 Å². The Labute approximate surface area is 260 Å². The Morgan fingerprint density at radius 3 is 2.49 bits per heavy atom. The number of halogens is 2. The van der Waals surface area contributed by atoms with Gasteiger partial charge in [0, 0.05) is 24.0 Å². The van der Waals surface area contributed by atoms with Crippen molar-refractivity contribution in [1.29, 1.82) is 0 Å².